The molecule has 0 saturated carbocycles. The van der Waals surface area contributed by atoms with E-state index in [2.05, 4.69) is 19.9 Å². The van der Waals surface area contributed by atoms with E-state index in [1.54, 1.807) is 0 Å². The SMILES string of the molecule is CCC(C)(C)C(C(=O)OOOOC(C)=O)C(C)(C)CC. The molecule has 0 fully saturated rings. The van der Waals surface area contributed by atoms with E-state index in [4.69, 9.17) is 0 Å². The number of rotatable bonds is 8. The Labute approximate surface area is 120 Å². The van der Waals surface area contributed by atoms with Crippen LogP contribution in [0.5, 0.6) is 0 Å². The minimum absolute atomic E-state index is 0.263. The molecule has 0 bridgehead atoms. The van der Waals surface area contributed by atoms with E-state index in [9.17, 15) is 9.59 Å². The summed E-state index contributed by atoms with van der Waals surface area (Å²) in [5, 5.41) is 8.19. The van der Waals surface area contributed by atoms with E-state index in [1.165, 1.54) is 0 Å². The summed E-state index contributed by atoms with van der Waals surface area (Å²) in [5.74, 6) is -1.64. The first kappa shape index (κ1) is 18.9. The van der Waals surface area contributed by atoms with E-state index >= 15 is 0 Å². The summed E-state index contributed by atoms with van der Waals surface area (Å²) in [6, 6.07) is 0. The predicted octanol–water partition coefficient (Wildman–Crippen LogP) is 3.36. The summed E-state index contributed by atoms with van der Waals surface area (Å²) in [6.45, 7) is 13.2. The molecule has 0 aliphatic heterocycles. The quantitative estimate of drug-likeness (QED) is 0.388. The van der Waals surface area contributed by atoms with E-state index in [0.717, 1.165) is 19.8 Å². The number of hydrogen-bond donors (Lipinski definition) is 0. The van der Waals surface area contributed by atoms with Crippen LogP contribution in [-0.4, -0.2) is 11.9 Å². The van der Waals surface area contributed by atoms with Crippen LogP contribution < -0.4 is 0 Å². The maximum absolute atomic E-state index is 12.2. The van der Waals surface area contributed by atoms with Crippen molar-refractivity contribution >= 4 is 11.9 Å². The van der Waals surface area contributed by atoms with Gasteiger partial charge in [0.2, 0.25) is 0 Å². The van der Waals surface area contributed by atoms with Crippen molar-refractivity contribution in [3.8, 4) is 0 Å². The highest BCUT2D eigenvalue weighted by Gasteiger charge is 2.45. The zero-order valence-electron chi connectivity index (χ0n) is 13.4. The van der Waals surface area contributed by atoms with Crippen molar-refractivity contribution < 1.29 is 29.4 Å². The first-order chi connectivity index (χ1) is 9.08. The Kier molecular flexibility index (Phi) is 7.16. The fourth-order valence-electron chi connectivity index (χ4n) is 2.26. The third kappa shape index (κ3) is 5.46. The van der Waals surface area contributed by atoms with Crippen molar-refractivity contribution in [1.29, 1.82) is 0 Å². The first-order valence-electron chi connectivity index (χ1n) is 6.80. The van der Waals surface area contributed by atoms with Crippen LogP contribution in [-0.2, 0) is 29.4 Å². The summed E-state index contributed by atoms with van der Waals surface area (Å²) in [7, 11) is 0. The molecule has 0 saturated heterocycles. The Hall–Kier alpha value is -1.14. The van der Waals surface area contributed by atoms with Crippen molar-refractivity contribution in [2.45, 2.75) is 61.3 Å². The monoisotopic (exact) mass is 290 g/mol. The predicted molar refractivity (Wildman–Crippen MR) is 71.7 cm³/mol. The molecule has 0 rings (SSSR count). The second-order valence-corrected chi connectivity index (χ2v) is 6.23. The van der Waals surface area contributed by atoms with Gasteiger partial charge in [-0.15, -0.1) is 0 Å². The smallest absolute Gasteiger partial charge is 0.266 e. The number of carbonyl (C=O) groups is 2. The zero-order valence-corrected chi connectivity index (χ0v) is 13.4. The van der Waals surface area contributed by atoms with Gasteiger partial charge in [0.25, 0.3) is 0 Å². The molecule has 0 unspecified atom stereocenters. The molecule has 6 heteroatoms. The van der Waals surface area contributed by atoms with E-state index in [-0.39, 0.29) is 16.7 Å². The average molecular weight is 290 g/mol. The van der Waals surface area contributed by atoms with E-state index < -0.39 is 11.9 Å². The molecule has 0 atom stereocenters. The van der Waals surface area contributed by atoms with Crippen molar-refractivity contribution in [3.63, 3.8) is 0 Å². The molecular weight excluding hydrogens is 264 g/mol. The lowest BCUT2D eigenvalue weighted by atomic mass is 9.63. The standard InChI is InChI=1S/C14H26O6/c1-8-13(4,5)11(14(6,7)9-2)12(16)18-20-19-17-10(3)15/h11H,8-9H2,1-7H3. The van der Waals surface area contributed by atoms with Crippen molar-refractivity contribution in [2.75, 3.05) is 0 Å². The maximum atomic E-state index is 12.2. The molecule has 0 aromatic carbocycles. The third-order valence-electron chi connectivity index (χ3n) is 3.92. The minimum atomic E-state index is -0.708. The maximum Gasteiger partial charge on any atom is 0.349 e. The Morgan fingerprint density at radius 1 is 0.900 bits per heavy atom. The molecule has 0 aromatic heterocycles. The fourth-order valence-corrected chi connectivity index (χ4v) is 2.26. The van der Waals surface area contributed by atoms with Crippen LogP contribution in [0.3, 0.4) is 0 Å². The van der Waals surface area contributed by atoms with Crippen LogP contribution in [0.1, 0.15) is 61.3 Å². The molecular formula is C14H26O6. The topological polar surface area (TPSA) is 71.1 Å². The largest absolute Gasteiger partial charge is 0.349 e. The van der Waals surface area contributed by atoms with Gasteiger partial charge in [-0.05, 0) is 10.8 Å². The van der Waals surface area contributed by atoms with Gasteiger partial charge < -0.3 is 0 Å². The molecule has 20 heavy (non-hydrogen) atoms. The second kappa shape index (κ2) is 7.59. The van der Waals surface area contributed by atoms with Crippen molar-refractivity contribution in [3.05, 3.63) is 0 Å². The second-order valence-electron chi connectivity index (χ2n) is 6.23. The highest BCUT2D eigenvalue weighted by atomic mass is 17.7. The van der Waals surface area contributed by atoms with E-state index in [0.29, 0.717) is 0 Å². The minimum Gasteiger partial charge on any atom is -0.266 e. The number of carbonyl (C=O) groups excluding carboxylic acids is 2. The van der Waals surface area contributed by atoms with Crippen LogP contribution in [0.15, 0.2) is 0 Å². The van der Waals surface area contributed by atoms with Gasteiger partial charge in [-0.2, -0.15) is 0 Å². The normalized spacial score (nSPS) is 12.4. The molecule has 6 nitrogen and oxygen atoms in total. The summed E-state index contributed by atoms with van der Waals surface area (Å²) in [5.41, 5.74) is -0.525. The molecule has 0 N–H and O–H groups in total. The molecule has 0 spiro atoms. The fraction of sp³-hybridized carbons (Fsp3) is 0.857. The van der Waals surface area contributed by atoms with Gasteiger partial charge in [0.05, 0.1) is 5.92 Å². The van der Waals surface area contributed by atoms with Crippen LogP contribution in [0.25, 0.3) is 0 Å². The van der Waals surface area contributed by atoms with Crippen LogP contribution >= 0.6 is 0 Å². The molecule has 0 heterocycles. The summed E-state index contributed by atoms with van der Waals surface area (Å²) in [6.07, 6.45) is 1.61. The van der Waals surface area contributed by atoms with Gasteiger partial charge in [-0.25, -0.2) is 9.59 Å². The first-order valence-corrected chi connectivity index (χ1v) is 6.80. The highest BCUT2D eigenvalue weighted by molar-refractivity contribution is 5.73. The van der Waals surface area contributed by atoms with Gasteiger partial charge >= 0.3 is 11.9 Å². The lowest BCUT2D eigenvalue weighted by Crippen LogP contribution is -2.42. The lowest BCUT2D eigenvalue weighted by Gasteiger charge is -2.41. The molecule has 118 valence electrons. The zero-order chi connectivity index (χ0) is 16.0. The molecule has 0 aromatic rings. The molecule has 0 amide bonds. The van der Waals surface area contributed by atoms with Crippen LogP contribution in [0.4, 0.5) is 0 Å². The van der Waals surface area contributed by atoms with Crippen molar-refractivity contribution in [1.82, 2.24) is 0 Å². The van der Waals surface area contributed by atoms with Gasteiger partial charge in [0, 0.05) is 17.0 Å². The van der Waals surface area contributed by atoms with Crippen LogP contribution in [0.2, 0.25) is 0 Å². The Bertz CT molecular complexity index is 319. The van der Waals surface area contributed by atoms with Gasteiger partial charge in [-0.1, -0.05) is 54.4 Å². The molecule has 0 aliphatic rings. The number of hydrogen-bond acceptors (Lipinski definition) is 6. The third-order valence-corrected chi connectivity index (χ3v) is 3.92. The Morgan fingerprint density at radius 3 is 1.65 bits per heavy atom. The molecule has 0 aliphatic carbocycles. The van der Waals surface area contributed by atoms with Gasteiger partial charge in [-0.3, -0.25) is 9.78 Å². The molecule has 0 radical (unpaired) electrons. The average Bonchev–Trinajstić information content (AvgIpc) is 2.34. The lowest BCUT2D eigenvalue weighted by molar-refractivity contribution is -0.600. The van der Waals surface area contributed by atoms with Crippen LogP contribution in [0, 0.1) is 16.7 Å². The summed E-state index contributed by atoms with van der Waals surface area (Å²) in [4.78, 5) is 31.3. The summed E-state index contributed by atoms with van der Waals surface area (Å²) >= 11 is 0. The van der Waals surface area contributed by atoms with E-state index in [1.807, 2.05) is 41.5 Å². The van der Waals surface area contributed by atoms with Gasteiger partial charge in [0.1, 0.15) is 0 Å². The Balaban J connectivity index is 4.80. The van der Waals surface area contributed by atoms with Gasteiger partial charge in [0.15, 0.2) is 0 Å². The van der Waals surface area contributed by atoms with Crippen molar-refractivity contribution in [2.24, 2.45) is 16.7 Å². The highest BCUT2D eigenvalue weighted by Crippen LogP contribution is 2.45. The Morgan fingerprint density at radius 2 is 1.30 bits per heavy atom. The summed E-state index contributed by atoms with van der Waals surface area (Å²) < 4.78 is 0.